The summed E-state index contributed by atoms with van der Waals surface area (Å²) in [6.45, 7) is 0.373. The zero-order chi connectivity index (χ0) is 8.77. The van der Waals surface area contributed by atoms with Gasteiger partial charge in [-0.1, -0.05) is 17.6 Å². The number of rotatable bonds is 0. The Hall–Kier alpha value is -0.805. The van der Waals surface area contributed by atoms with Gasteiger partial charge in [0.2, 0.25) is 10.0 Å². The summed E-state index contributed by atoms with van der Waals surface area (Å²) < 4.78 is 24.9. The third kappa shape index (κ3) is 1.05. The number of benzene rings is 1. The molecule has 0 saturated carbocycles. The van der Waals surface area contributed by atoms with Crippen molar-refractivity contribution in [2.24, 2.45) is 0 Å². The molecule has 0 aliphatic carbocycles. The third-order valence-electron chi connectivity index (χ3n) is 1.83. The van der Waals surface area contributed by atoms with Crippen molar-refractivity contribution in [3.05, 3.63) is 23.8 Å². The van der Waals surface area contributed by atoms with Gasteiger partial charge in [0.25, 0.3) is 0 Å². The highest BCUT2D eigenvalue weighted by Crippen LogP contribution is 2.19. The molecule has 0 fully saturated rings. The summed E-state index contributed by atoms with van der Waals surface area (Å²) >= 11 is 0. The van der Waals surface area contributed by atoms with Gasteiger partial charge >= 0.3 is 0 Å². The van der Waals surface area contributed by atoms with Crippen molar-refractivity contribution in [2.45, 2.75) is 11.4 Å². The molecule has 0 unspecified atom stereocenters. The van der Waals surface area contributed by atoms with Crippen LogP contribution in [0.3, 0.4) is 0 Å². The van der Waals surface area contributed by atoms with E-state index in [-0.39, 0.29) is 0 Å². The average molecular weight is 179 g/mol. The van der Waals surface area contributed by atoms with Crippen molar-refractivity contribution < 1.29 is 8.42 Å². The fraction of sp³-hybridized carbons (Fsp3) is 0.143. The van der Waals surface area contributed by atoms with E-state index in [1.54, 1.807) is 12.1 Å². The van der Waals surface area contributed by atoms with Crippen molar-refractivity contribution in [1.82, 2.24) is 4.72 Å². The van der Waals surface area contributed by atoms with Gasteiger partial charge in [-0.05, 0) is 11.6 Å². The van der Waals surface area contributed by atoms with Crippen LogP contribution < -0.4 is 10.2 Å². The Balaban J connectivity index is 2.73. The van der Waals surface area contributed by atoms with Gasteiger partial charge in [-0.3, -0.25) is 0 Å². The minimum Gasteiger partial charge on any atom is -0.207 e. The predicted octanol–water partition coefficient (Wildman–Crippen LogP) is -0.728. The lowest BCUT2D eigenvalue weighted by Crippen LogP contribution is -2.14. The van der Waals surface area contributed by atoms with Crippen LogP contribution in [0.4, 0.5) is 0 Å². The van der Waals surface area contributed by atoms with Gasteiger partial charge in [0.15, 0.2) is 0 Å². The second kappa shape index (κ2) is 2.34. The Kier molecular flexibility index (Phi) is 1.53. The molecule has 2 radical (unpaired) electrons. The molecule has 1 aliphatic rings. The van der Waals surface area contributed by atoms with E-state index < -0.39 is 10.0 Å². The predicted molar refractivity (Wildman–Crippen MR) is 45.9 cm³/mol. The summed E-state index contributed by atoms with van der Waals surface area (Å²) in [5, 5.41) is 0. The minimum absolute atomic E-state index is 0.308. The summed E-state index contributed by atoms with van der Waals surface area (Å²) in [6.07, 6.45) is 0. The molecule has 0 aromatic heterocycles. The molecule has 1 aromatic rings. The number of sulfonamides is 1. The highest BCUT2D eigenvalue weighted by molar-refractivity contribution is 7.89. The quantitative estimate of drug-likeness (QED) is 0.534. The Morgan fingerprint density at radius 3 is 2.92 bits per heavy atom. The zero-order valence-electron chi connectivity index (χ0n) is 6.24. The summed E-state index contributed by atoms with van der Waals surface area (Å²) in [5.41, 5.74) is 1.25. The minimum atomic E-state index is -3.26. The van der Waals surface area contributed by atoms with E-state index in [4.69, 9.17) is 7.85 Å². The zero-order valence-corrected chi connectivity index (χ0v) is 7.06. The second-order valence-electron chi connectivity index (χ2n) is 2.69. The fourth-order valence-electron chi connectivity index (χ4n) is 1.22. The summed E-state index contributed by atoms with van der Waals surface area (Å²) in [7, 11) is 2.20. The fourth-order valence-corrected chi connectivity index (χ4v) is 2.50. The number of nitrogens with one attached hydrogen (secondary N) is 1. The Morgan fingerprint density at radius 2 is 2.17 bits per heavy atom. The number of hydrogen-bond donors (Lipinski definition) is 1. The van der Waals surface area contributed by atoms with Crippen LogP contribution in [0.2, 0.25) is 0 Å². The van der Waals surface area contributed by atoms with Crippen LogP contribution in [0.15, 0.2) is 23.1 Å². The summed E-state index contributed by atoms with van der Waals surface area (Å²) in [6, 6.07) is 4.90. The van der Waals surface area contributed by atoms with E-state index in [0.29, 0.717) is 16.9 Å². The third-order valence-corrected chi connectivity index (χ3v) is 3.32. The first-order valence-corrected chi connectivity index (χ1v) is 4.96. The number of hydrogen-bond acceptors (Lipinski definition) is 2. The summed E-state index contributed by atoms with van der Waals surface area (Å²) in [5.74, 6) is 0. The van der Waals surface area contributed by atoms with E-state index in [1.165, 1.54) is 6.07 Å². The summed E-state index contributed by atoms with van der Waals surface area (Å²) in [4.78, 5) is 0.308. The van der Waals surface area contributed by atoms with Crippen molar-refractivity contribution in [3.63, 3.8) is 0 Å². The van der Waals surface area contributed by atoms with Crippen LogP contribution in [-0.2, 0) is 16.6 Å². The highest BCUT2D eigenvalue weighted by Gasteiger charge is 2.24. The first kappa shape index (κ1) is 7.82. The molecule has 0 bridgehead atoms. The van der Waals surface area contributed by atoms with Crippen LogP contribution in [0, 0.1) is 0 Å². The largest absolute Gasteiger partial charge is 0.241 e. The van der Waals surface area contributed by atoms with E-state index in [9.17, 15) is 8.42 Å². The topological polar surface area (TPSA) is 46.2 Å². The van der Waals surface area contributed by atoms with E-state index in [2.05, 4.69) is 4.72 Å². The molecule has 1 aromatic carbocycles. The lowest BCUT2D eigenvalue weighted by atomic mass is 9.95. The SMILES string of the molecule is [B]c1ccc2c(c1)S(=O)(=O)NC2. The molecule has 60 valence electrons. The van der Waals surface area contributed by atoms with Crippen molar-refractivity contribution in [3.8, 4) is 0 Å². The maximum absolute atomic E-state index is 11.2. The first-order chi connectivity index (χ1) is 5.59. The molecular weight excluding hydrogens is 173 g/mol. The van der Waals surface area contributed by atoms with Crippen LogP contribution in [0.5, 0.6) is 0 Å². The first-order valence-electron chi connectivity index (χ1n) is 3.48. The Labute approximate surface area is 72.3 Å². The van der Waals surface area contributed by atoms with Gasteiger partial charge in [0.1, 0.15) is 7.85 Å². The Bertz CT molecular complexity index is 427. The van der Waals surface area contributed by atoms with E-state index in [0.717, 1.165) is 5.56 Å². The van der Waals surface area contributed by atoms with Gasteiger partial charge in [-0.25, -0.2) is 13.1 Å². The van der Waals surface area contributed by atoms with Gasteiger partial charge in [0, 0.05) is 6.54 Å². The monoisotopic (exact) mass is 179 g/mol. The second-order valence-corrected chi connectivity index (χ2v) is 4.43. The standard InChI is InChI=1S/C7H6BNO2S/c8-6-2-1-5-4-9-12(10,11)7(5)3-6/h1-3,9H,4H2. The van der Waals surface area contributed by atoms with Crippen LogP contribution >= 0.6 is 0 Å². The molecule has 12 heavy (non-hydrogen) atoms. The molecule has 2 rings (SSSR count). The molecule has 5 heteroatoms. The maximum Gasteiger partial charge on any atom is 0.241 e. The van der Waals surface area contributed by atoms with Crippen LogP contribution in [0.1, 0.15) is 5.56 Å². The van der Waals surface area contributed by atoms with Crippen LogP contribution in [0.25, 0.3) is 0 Å². The molecule has 1 aliphatic heterocycles. The van der Waals surface area contributed by atoms with Crippen molar-refractivity contribution in [2.75, 3.05) is 0 Å². The van der Waals surface area contributed by atoms with E-state index in [1.807, 2.05) is 0 Å². The smallest absolute Gasteiger partial charge is 0.207 e. The molecule has 3 nitrogen and oxygen atoms in total. The van der Waals surface area contributed by atoms with Crippen LogP contribution in [-0.4, -0.2) is 16.3 Å². The molecule has 1 N–H and O–H groups in total. The molecule has 0 spiro atoms. The molecule has 0 amide bonds. The number of fused-ring (bicyclic) bond motifs is 1. The maximum atomic E-state index is 11.2. The normalized spacial score (nSPS) is 19.0. The average Bonchev–Trinajstić information content (AvgIpc) is 2.28. The Morgan fingerprint density at radius 1 is 1.42 bits per heavy atom. The lowest BCUT2D eigenvalue weighted by Gasteiger charge is -1.97. The van der Waals surface area contributed by atoms with E-state index >= 15 is 0 Å². The molecule has 0 atom stereocenters. The highest BCUT2D eigenvalue weighted by atomic mass is 32.2. The van der Waals surface area contributed by atoms with Gasteiger partial charge in [-0.15, -0.1) is 0 Å². The van der Waals surface area contributed by atoms with Crippen molar-refractivity contribution >= 4 is 23.3 Å². The van der Waals surface area contributed by atoms with Gasteiger partial charge < -0.3 is 0 Å². The molecular formula is C7H6BNO2S. The lowest BCUT2D eigenvalue weighted by molar-refractivity contribution is 0.589. The van der Waals surface area contributed by atoms with Crippen molar-refractivity contribution in [1.29, 1.82) is 0 Å². The van der Waals surface area contributed by atoms with Gasteiger partial charge in [0.05, 0.1) is 4.90 Å². The molecule has 0 saturated heterocycles. The molecule has 1 heterocycles. The van der Waals surface area contributed by atoms with Gasteiger partial charge in [-0.2, -0.15) is 0 Å².